The van der Waals surface area contributed by atoms with Gasteiger partial charge in [-0.25, -0.2) is 0 Å². The highest BCUT2D eigenvalue weighted by Gasteiger charge is 2.10. The number of rotatable bonds is 7. The van der Waals surface area contributed by atoms with Crippen LogP contribution < -0.4 is 10.6 Å². The number of benzene rings is 1. The van der Waals surface area contributed by atoms with Gasteiger partial charge in [-0.3, -0.25) is 14.6 Å². The van der Waals surface area contributed by atoms with Crippen molar-refractivity contribution in [3.8, 4) is 0 Å². The van der Waals surface area contributed by atoms with Crippen LogP contribution in [0, 0.1) is 0 Å². The molecule has 0 aliphatic rings. The molecule has 2 N–H and O–H groups in total. The van der Waals surface area contributed by atoms with Crippen molar-refractivity contribution in [2.45, 2.75) is 19.8 Å². The number of nitrogens with one attached hydrogen (secondary N) is 2. The van der Waals surface area contributed by atoms with E-state index in [0.717, 1.165) is 12.0 Å². The second kappa shape index (κ2) is 9.03. The summed E-state index contributed by atoms with van der Waals surface area (Å²) in [6.45, 7) is 3.06. The summed E-state index contributed by atoms with van der Waals surface area (Å²) in [6.07, 6.45) is 4.46. The number of nitrogens with zero attached hydrogens (tertiary/aromatic N) is 1. The van der Waals surface area contributed by atoms with Crippen molar-refractivity contribution in [2.75, 3.05) is 13.1 Å². The SMILES string of the molecule is CCCNC(=O)c1cncc(C(=O)NCCc2ccc(Cl)cc2)c1. The van der Waals surface area contributed by atoms with Crippen molar-refractivity contribution in [3.05, 3.63) is 64.4 Å². The minimum absolute atomic E-state index is 0.222. The summed E-state index contributed by atoms with van der Waals surface area (Å²) in [6, 6.07) is 9.04. The van der Waals surface area contributed by atoms with Gasteiger partial charge in [-0.1, -0.05) is 30.7 Å². The van der Waals surface area contributed by atoms with E-state index in [9.17, 15) is 9.59 Å². The zero-order chi connectivity index (χ0) is 17.4. The van der Waals surface area contributed by atoms with Gasteiger partial charge in [0.1, 0.15) is 0 Å². The molecule has 0 aliphatic carbocycles. The molecule has 126 valence electrons. The predicted octanol–water partition coefficient (Wildman–Crippen LogP) is 2.85. The van der Waals surface area contributed by atoms with E-state index in [4.69, 9.17) is 11.6 Å². The normalized spacial score (nSPS) is 10.2. The largest absolute Gasteiger partial charge is 0.352 e. The topological polar surface area (TPSA) is 71.1 Å². The molecule has 2 amide bonds. The molecular formula is C18H20ClN3O2. The van der Waals surface area contributed by atoms with Crippen LogP contribution in [0.1, 0.15) is 39.6 Å². The molecule has 2 aromatic rings. The highest BCUT2D eigenvalue weighted by atomic mass is 35.5. The van der Waals surface area contributed by atoms with Crippen molar-refractivity contribution in [3.63, 3.8) is 0 Å². The number of aromatic nitrogens is 1. The third-order valence-electron chi connectivity index (χ3n) is 3.41. The summed E-state index contributed by atoms with van der Waals surface area (Å²) in [7, 11) is 0. The Hall–Kier alpha value is -2.40. The first kappa shape index (κ1) is 17.9. The molecule has 0 aliphatic heterocycles. The summed E-state index contributed by atoms with van der Waals surface area (Å²) in [5.41, 5.74) is 1.84. The molecule has 1 aromatic heterocycles. The first-order chi connectivity index (χ1) is 11.6. The molecule has 0 atom stereocenters. The third kappa shape index (κ3) is 5.35. The molecule has 0 saturated heterocycles. The van der Waals surface area contributed by atoms with Gasteiger partial charge in [-0.2, -0.15) is 0 Å². The summed E-state index contributed by atoms with van der Waals surface area (Å²) in [4.78, 5) is 28.1. The summed E-state index contributed by atoms with van der Waals surface area (Å²) in [5, 5.41) is 6.28. The summed E-state index contributed by atoms with van der Waals surface area (Å²) in [5.74, 6) is -0.471. The van der Waals surface area contributed by atoms with Gasteiger partial charge in [-0.05, 0) is 36.6 Å². The van der Waals surface area contributed by atoms with E-state index in [1.165, 1.54) is 12.4 Å². The van der Waals surface area contributed by atoms with Gasteiger partial charge in [-0.15, -0.1) is 0 Å². The number of pyridine rings is 1. The van der Waals surface area contributed by atoms with Gasteiger partial charge in [0.2, 0.25) is 0 Å². The lowest BCUT2D eigenvalue weighted by atomic mass is 10.1. The lowest BCUT2D eigenvalue weighted by molar-refractivity contribution is 0.0953. The fourth-order valence-electron chi connectivity index (χ4n) is 2.10. The molecule has 0 unspecified atom stereocenters. The molecule has 0 radical (unpaired) electrons. The molecular weight excluding hydrogens is 326 g/mol. The number of amides is 2. The van der Waals surface area contributed by atoms with Gasteiger partial charge >= 0.3 is 0 Å². The fraction of sp³-hybridized carbons (Fsp3) is 0.278. The minimum Gasteiger partial charge on any atom is -0.352 e. The maximum atomic E-state index is 12.2. The van der Waals surface area contributed by atoms with Crippen LogP contribution in [0.4, 0.5) is 0 Å². The highest BCUT2D eigenvalue weighted by Crippen LogP contribution is 2.09. The Morgan fingerprint density at radius 2 is 1.58 bits per heavy atom. The fourth-order valence-corrected chi connectivity index (χ4v) is 2.23. The summed E-state index contributed by atoms with van der Waals surface area (Å²) < 4.78 is 0. The van der Waals surface area contributed by atoms with Crippen LogP contribution >= 0.6 is 11.6 Å². The van der Waals surface area contributed by atoms with Crippen LogP contribution in [0.2, 0.25) is 5.02 Å². The molecule has 1 heterocycles. The van der Waals surface area contributed by atoms with Crippen LogP contribution in [0.3, 0.4) is 0 Å². The van der Waals surface area contributed by atoms with Gasteiger partial charge in [0.25, 0.3) is 11.8 Å². The Labute approximate surface area is 146 Å². The van der Waals surface area contributed by atoms with E-state index in [1.807, 2.05) is 31.2 Å². The summed E-state index contributed by atoms with van der Waals surface area (Å²) >= 11 is 5.84. The van der Waals surface area contributed by atoms with E-state index >= 15 is 0 Å². The Bertz CT molecular complexity index is 702. The first-order valence-electron chi connectivity index (χ1n) is 7.86. The molecule has 0 spiro atoms. The number of hydrogen-bond acceptors (Lipinski definition) is 3. The number of carbonyl (C=O) groups excluding carboxylic acids is 2. The van der Waals surface area contributed by atoms with Crippen LogP contribution in [0.15, 0.2) is 42.7 Å². The predicted molar refractivity (Wildman–Crippen MR) is 94.4 cm³/mol. The van der Waals surface area contributed by atoms with E-state index in [2.05, 4.69) is 15.6 Å². The number of halogens is 1. The van der Waals surface area contributed by atoms with Gasteiger partial charge in [0, 0.05) is 30.5 Å². The molecule has 0 bridgehead atoms. The van der Waals surface area contributed by atoms with Crippen LogP contribution in [-0.2, 0) is 6.42 Å². The molecule has 24 heavy (non-hydrogen) atoms. The van der Waals surface area contributed by atoms with Crippen LogP contribution in [0.5, 0.6) is 0 Å². The first-order valence-corrected chi connectivity index (χ1v) is 8.24. The number of hydrogen-bond donors (Lipinski definition) is 2. The molecule has 6 heteroatoms. The van der Waals surface area contributed by atoms with E-state index in [-0.39, 0.29) is 11.8 Å². The maximum Gasteiger partial charge on any atom is 0.252 e. The van der Waals surface area contributed by atoms with Gasteiger partial charge in [0.05, 0.1) is 11.1 Å². The van der Waals surface area contributed by atoms with E-state index in [1.54, 1.807) is 6.07 Å². The van der Waals surface area contributed by atoms with Crippen molar-refractivity contribution < 1.29 is 9.59 Å². The maximum absolute atomic E-state index is 12.2. The highest BCUT2D eigenvalue weighted by molar-refractivity contribution is 6.30. The van der Waals surface area contributed by atoms with Crippen molar-refractivity contribution >= 4 is 23.4 Å². The van der Waals surface area contributed by atoms with E-state index < -0.39 is 0 Å². The Morgan fingerprint density at radius 3 is 2.17 bits per heavy atom. The average Bonchev–Trinajstić information content (AvgIpc) is 2.61. The zero-order valence-corrected chi connectivity index (χ0v) is 14.3. The van der Waals surface area contributed by atoms with E-state index in [0.29, 0.717) is 35.7 Å². The smallest absolute Gasteiger partial charge is 0.252 e. The molecule has 0 saturated carbocycles. The Kier molecular flexibility index (Phi) is 6.75. The van der Waals surface area contributed by atoms with Gasteiger partial charge < -0.3 is 10.6 Å². The third-order valence-corrected chi connectivity index (χ3v) is 3.66. The molecule has 5 nitrogen and oxygen atoms in total. The Balaban J connectivity index is 1.90. The average molecular weight is 346 g/mol. The van der Waals surface area contributed by atoms with Crippen LogP contribution in [-0.4, -0.2) is 29.9 Å². The lowest BCUT2D eigenvalue weighted by Crippen LogP contribution is -2.27. The molecule has 0 fully saturated rings. The zero-order valence-electron chi connectivity index (χ0n) is 13.5. The Morgan fingerprint density at radius 1 is 1.00 bits per heavy atom. The molecule has 1 aromatic carbocycles. The van der Waals surface area contributed by atoms with Crippen molar-refractivity contribution in [2.24, 2.45) is 0 Å². The minimum atomic E-state index is -0.249. The monoisotopic (exact) mass is 345 g/mol. The van der Waals surface area contributed by atoms with Gasteiger partial charge in [0.15, 0.2) is 0 Å². The standard InChI is InChI=1S/C18H20ClN3O2/c1-2-8-21-17(23)14-10-15(12-20-11-14)18(24)22-9-7-13-3-5-16(19)6-4-13/h3-6,10-12H,2,7-9H2,1H3,(H,21,23)(H,22,24). The molecule has 2 rings (SSSR count). The number of carbonyl (C=O) groups is 2. The quantitative estimate of drug-likeness (QED) is 0.810. The second-order valence-electron chi connectivity index (χ2n) is 5.35. The van der Waals surface area contributed by atoms with Crippen LogP contribution in [0.25, 0.3) is 0 Å². The lowest BCUT2D eigenvalue weighted by Gasteiger charge is -2.07. The second-order valence-corrected chi connectivity index (χ2v) is 5.79. The van der Waals surface area contributed by atoms with Crippen molar-refractivity contribution in [1.82, 2.24) is 15.6 Å². The van der Waals surface area contributed by atoms with Crippen molar-refractivity contribution in [1.29, 1.82) is 0 Å².